The van der Waals surface area contributed by atoms with Crippen LogP contribution in [-0.2, 0) is 38.4 Å². The highest BCUT2D eigenvalue weighted by molar-refractivity contribution is 5.96. The van der Waals surface area contributed by atoms with Crippen LogP contribution in [0.2, 0.25) is 0 Å². The van der Waals surface area contributed by atoms with Crippen LogP contribution in [0, 0.1) is 5.92 Å². The Hall–Kier alpha value is -4.40. The predicted octanol–water partition coefficient (Wildman–Crippen LogP) is -5.82. The number of rotatable bonds is 21. The van der Waals surface area contributed by atoms with Crippen molar-refractivity contribution in [2.75, 3.05) is 19.8 Å². The van der Waals surface area contributed by atoms with Gasteiger partial charge >= 0.3 is 17.9 Å². The minimum absolute atomic E-state index is 0.355. The van der Waals surface area contributed by atoms with E-state index in [1.54, 1.807) is 13.8 Å². The van der Waals surface area contributed by atoms with E-state index >= 15 is 0 Å². The van der Waals surface area contributed by atoms with Gasteiger partial charge in [0.1, 0.15) is 30.2 Å². The van der Waals surface area contributed by atoms with E-state index in [0.29, 0.717) is 6.42 Å². The van der Waals surface area contributed by atoms with Crippen molar-refractivity contribution in [3.8, 4) is 0 Å². The fourth-order valence-electron chi connectivity index (χ4n) is 3.43. The summed E-state index contributed by atoms with van der Waals surface area (Å²) < 4.78 is 0. The predicted molar refractivity (Wildman–Crippen MR) is 145 cm³/mol. The zero-order valence-electron chi connectivity index (χ0n) is 24.0. The fourth-order valence-corrected chi connectivity index (χ4v) is 3.43. The van der Waals surface area contributed by atoms with Crippen LogP contribution in [0.15, 0.2) is 0 Å². The van der Waals surface area contributed by atoms with Gasteiger partial charge in [0, 0.05) is 6.42 Å². The smallest absolute Gasteiger partial charge is 0.326 e. The highest BCUT2D eigenvalue weighted by atomic mass is 16.4. The first-order valence-corrected chi connectivity index (χ1v) is 13.3. The lowest BCUT2D eigenvalue weighted by Crippen LogP contribution is -2.61. The molecule has 0 unspecified atom stereocenters. The lowest BCUT2D eigenvalue weighted by Gasteiger charge is -2.26. The molecule has 0 aromatic carbocycles. The monoisotopic (exact) mass is 636 g/mol. The molecule has 0 spiro atoms. The SMILES string of the molecule is CC[C@H](C)[C@H](NC(=O)[C@H](CCC(=O)O)NC(=O)[C@H](CO)NC(=O)[C@H](CO)NC(=O)[C@H](CO)NC(=O)[C@@H](N)CC(=O)O)C(=O)O. The van der Waals surface area contributed by atoms with Crippen LogP contribution >= 0.6 is 0 Å². The third kappa shape index (κ3) is 13.7. The molecule has 0 heterocycles. The van der Waals surface area contributed by atoms with Crippen LogP contribution < -0.4 is 32.3 Å². The van der Waals surface area contributed by atoms with Gasteiger partial charge in [0.05, 0.1) is 32.3 Å². The first-order valence-electron chi connectivity index (χ1n) is 13.3. The van der Waals surface area contributed by atoms with Crippen LogP contribution in [0.3, 0.4) is 0 Å². The normalized spacial score (nSPS) is 15.6. The van der Waals surface area contributed by atoms with E-state index in [4.69, 9.17) is 15.9 Å². The van der Waals surface area contributed by atoms with Gasteiger partial charge in [-0.1, -0.05) is 20.3 Å². The second-order valence-electron chi connectivity index (χ2n) is 9.64. The molecule has 20 heteroatoms. The minimum atomic E-state index is -1.82. The molecule has 0 bridgehead atoms. The molecule has 0 saturated heterocycles. The molecule has 7 atom stereocenters. The third-order valence-electron chi connectivity index (χ3n) is 6.23. The molecular weight excluding hydrogens is 596 g/mol. The Balaban J connectivity index is 5.59. The van der Waals surface area contributed by atoms with E-state index in [9.17, 15) is 58.8 Å². The molecule has 20 nitrogen and oxygen atoms in total. The summed E-state index contributed by atoms with van der Waals surface area (Å²) in [6.07, 6.45) is -1.56. The molecule has 0 fully saturated rings. The topological polar surface area (TPSA) is 344 Å². The van der Waals surface area contributed by atoms with E-state index in [0.717, 1.165) is 0 Å². The summed E-state index contributed by atoms with van der Waals surface area (Å²) in [7, 11) is 0. The van der Waals surface area contributed by atoms with Crippen molar-refractivity contribution >= 4 is 47.4 Å². The number of hydrogen-bond donors (Lipinski definition) is 12. The average Bonchev–Trinajstić information content (AvgIpc) is 2.96. The Morgan fingerprint density at radius 1 is 0.614 bits per heavy atom. The van der Waals surface area contributed by atoms with Gasteiger partial charge in [-0.3, -0.25) is 33.6 Å². The molecule has 0 saturated carbocycles. The van der Waals surface area contributed by atoms with Crippen molar-refractivity contribution < 1.29 is 69.0 Å². The summed E-state index contributed by atoms with van der Waals surface area (Å²) in [5.74, 6) is -10.5. The molecule has 0 aromatic heterocycles. The molecule has 250 valence electrons. The molecule has 0 aliphatic heterocycles. The first kappa shape index (κ1) is 39.6. The van der Waals surface area contributed by atoms with Crippen LogP contribution in [0.5, 0.6) is 0 Å². The number of carbonyl (C=O) groups is 8. The lowest BCUT2D eigenvalue weighted by atomic mass is 9.98. The zero-order valence-corrected chi connectivity index (χ0v) is 24.0. The first-order chi connectivity index (χ1) is 20.5. The van der Waals surface area contributed by atoms with Gasteiger partial charge in [-0.2, -0.15) is 0 Å². The number of carbonyl (C=O) groups excluding carboxylic acids is 5. The fraction of sp³-hybridized carbons (Fsp3) is 0.667. The average molecular weight is 637 g/mol. The maximum absolute atomic E-state index is 12.8. The van der Waals surface area contributed by atoms with Gasteiger partial charge in [-0.15, -0.1) is 0 Å². The maximum atomic E-state index is 12.8. The van der Waals surface area contributed by atoms with Crippen LogP contribution in [0.1, 0.15) is 39.5 Å². The number of carboxylic acids is 3. The van der Waals surface area contributed by atoms with Crippen molar-refractivity contribution in [2.24, 2.45) is 11.7 Å². The number of carboxylic acid groups (broad SMARTS) is 3. The number of aliphatic carboxylic acids is 3. The van der Waals surface area contributed by atoms with Crippen molar-refractivity contribution in [3.63, 3.8) is 0 Å². The second kappa shape index (κ2) is 19.7. The lowest BCUT2D eigenvalue weighted by molar-refractivity contribution is -0.144. The van der Waals surface area contributed by atoms with Crippen LogP contribution in [-0.4, -0.2) is 134 Å². The van der Waals surface area contributed by atoms with Crippen molar-refractivity contribution in [1.82, 2.24) is 26.6 Å². The molecular formula is C24H40N6O14. The van der Waals surface area contributed by atoms with E-state index in [1.807, 2.05) is 16.0 Å². The number of aliphatic hydroxyl groups is 3. The van der Waals surface area contributed by atoms with E-state index in [-0.39, 0.29) is 0 Å². The summed E-state index contributed by atoms with van der Waals surface area (Å²) in [6.45, 7) is 0.0160. The summed E-state index contributed by atoms with van der Waals surface area (Å²) in [6, 6.07) is -9.94. The molecule has 0 aliphatic rings. The van der Waals surface area contributed by atoms with E-state index < -0.39 is 129 Å². The summed E-state index contributed by atoms with van der Waals surface area (Å²) >= 11 is 0. The summed E-state index contributed by atoms with van der Waals surface area (Å²) in [4.78, 5) is 96.1. The quantitative estimate of drug-likeness (QED) is 0.0558. The molecule has 13 N–H and O–H groups in total. The third-order valence-corrected chi connectivity index (χ3v) is 6.23. The molecule has 0 radical (unpaired) electrons. The Bertz CT molecular complexity index is 1060. The van der Waals surface area contributed by atoms with Gasteiger partial charge in [-0.05, 0) is 12.3 Å². The molecule has 44 heavy (non-hydrogen) atoms. The largest absolute Gasteiger partial charge is 0.481 e. The number of nitrogens with one attached hydrogen (secondary N) is 5. The molecule has 0 rings (SSSR count). The Kier molecular flexibility index (Phi) is 17.8. The second-order valence-corrected chi connectivity index (χ2v) is 9.64. The van der Waals surface area contributed by atoms with Crippen molar-refractivity contribution in [3.05, 3.63) is 0 Å². The summed E-state index contributed by atoms with van der Waals surface area (Å²) in [5, 5.41) is 66.2. The van der Waals surface area contributed by atoms with Gasteiger partial charge in [0.25, 0.3) is 0 Å². The van der Waals surface area contributed by atoms with Gasteiger partial charge in [0.15, 0.2) is 0 Å². The highest BCUT2D eigenvalue weighted by Gasteiger charge is 2.33. The Labute approximate surface area is 250 Å². The highest BCUT2D eigenvalue weighted by Crippen LogP contribution is 2.09. The standard InChI is InChI=1S/C24H40N6O14/c1-3-10(2)18(24(43)44)30-20(39)12(4-5-16(34)35)26-21(40)14(8-32)28-23(42)15(9-33)29-22(41)13(7-31)27-19(38)11(25)6-17(36)37/h10-15,18,31-33H,3-9,25H2,1-2H3,(H,26,40)(H,27,38)(H,28,42)(H,29,41)(H,30,39)(H,34,35)(H,36,37)(H,43,44)/t10-,11-,12-,13-,14-,15-,18-/m0/s1. The van der Waals surface area contributed by atoms with Crippen molar-refractivity contribution in [2.45, 2.75) is 75.8 Å². The zero-order chi connectivity index (χ0) is 34.1. The van der Waals surface area contributed by atoms with Crippen LogP contribution in [0.4, 0.5) is 0 Å². The Morgan fingerprint density at radius 3 is 1.34 bits per heavy atom. The number of nitrogens with two attached hydrogens (primary N) is 1. The van der Waals surface area contributed by atoms with E-state index in [2.05, 4.69) is 10.6 Å². The summed E-state index contributed by atoms with van der Waals surface area (Å²) in [5.41, 5.74) is 5.39. The molecule has 0 aromatic rings. The number of aliphatic hydroxyl groups excluding tert-OH is 3. The molecule has 5 amide bonds. The Morgan fingerprint density at radius 2 is 1.00 bits per heavy atom. The maximum Gasteiger partial charge on any atom is 0.326 e. The van der Waals surface area contributed by atoms with E-state index in [1.165, 1.54) is 0 Å². The van der Waals surface area contributed by atoms with Gasteiger partial charge < -0.3 is 63.0 Å². The van der Waals surface area contributed by atoms with Gasteiger partial charge in [-0.25, -0.2) is 4.79 Å². The number of amides is 5. The number of hydrogen-bond acceptors (Lipinski definition) is 12. The molecule has 0 aliphatic carbocycles. The van der Waals surface area contributed by atoms with Crippen molar-refractivity contribution in [1.29, 1.82) is 0 Å². The van der Waals surface area contributed by atoms with Crippen LogP contribution in [0.25, 0.3) is 0 Å². The minimum Gasteiger partial charge on any atom is -0.481 e. The van der Waals surface area contributed by atoms with Gasteiger partial charge in [0.2, 0.25) is 29.5 Å².